The first-order valence-electron chi connectivity index (χ1n) is 4.08. The Morgan fingerprint density at radius 3 is 2.45 bits per heavy atom. The molecule has 2 aliphatic carbocycles. The van der Waals surface area contributed by atoms with E-state index in [1.54, 1.807) is 0 Å². The molecule has 0 spiro atoms. The third-order valence-electron chi connectivity index (χ3n) is 2.97. The highest BCUT2D eigenvalue weighted by Crippen LogP contribution is 2.56. The van der Waals surface area contributed by atoms with Crippen molar-refractivity contribution in [2.75, 3.05) is 0 Å². The average Bonchev–Trinajstić information content (AvgIpc) is 2.57. The van der Waals surface area contributed by atoms with Gasteiger partial charge in [-0.1, -0.05) is 0 Å². The molecule has 0 saturated heterocycles. The molecule has 2 saturated carbocycles. The summed E-state index contributed by atoms with van der Waals surface area (Å²) in [6.45, 7) is 0. The molecule has 3 nitrogen and oxygen atoms in total. The lowest BCUT2D eigenvalue weighted by Gasteiger charge is -2.08. The van der Waals surface area contributed by atoms with Crippen LogP contribution in [0.1, 0.15) is 19.3 Å². The molecule has 0 radical (unpaired) electrons. The zero-order valence-electron chi connectivity index (χ0n) is 6.23. The second kappa shape index (κ2) is 2.21. The van der Waals surface area contributed by atoms with Gasteiger partial charge in [-0.2, -0.15) is 0 Å². The number of rotatable bonds is 2. The van der Waals surface area contributed by atoms with Crippen molar-refractivity contribution >= 4 is 5.97 Å². The molecule has 11 heavy (non-hydrogen) atoms. The molecule has 0 amide bonds. The summed E-state index contributed by atoms with van der Waals surface area (Å²) in [6, 6.07) is 0. The van der Waals surface area contributed by atoms with Gasteiger partial charge in [0.05, 0.1) is 6.10 Å². The van der Waals surface area contributed by atoms with Crippen LogP contribution >= 0.6 is 0 Å². The van der Waals surface area contributed by atoms with E-state index in [0.717, 1.165) is 6.42 Å². The van der Waals surface area contributed by atoms with E-state index in [0.29, 0.717) is 18.3 Å². The lowest BCUT2D eigenvalue weighted by atomic mass is 9.99. The molecule has 2 aliphatic rings. The lowest BCUT2D eigenvalue weighted by Crippen LogP contribution is -2.11. The third-order valence-corrected chi connectivity index (χ3v) is 2.97. The van der Waals surface area contributed by atoms with Crippen LogP contribution in [-0.4, -0.2) is 22.3 Å². The van der Waals surface area contributed by atoms with Crippen LogP contribution in [0.15, 0.2) is 0 Å². The van der Waals surface area contributed by atoms with Crippen molar-refractivity contribution in [1.29, 1.82) is 0 Å². The molecular formula is C8H12O3. The van der Waals surface area contributed by atoms with Crippen LogP contribution in [0.3, 0.4) is 0 Å². The number of carbonyl (C=O) groups is 1. The molecule has 0 bridgehead atoms. The Labute approximate surface area is 65.0 Å². The molecule has 2 N–H and O–H groups in total. The van der Waals surface area contributed by atoms with Gasteiger partial charge in [0.2, 0.25) is 0 Å². The minimum atomic E-state index is -0.727. The molecule has 0 heterocycles. The van der Waals surface area contributed by atoms with E-state index in [2.05, 4.69) is 0 Å². The van der Waals surface area contributed by atoms with Gasteiger partial charge in [-0.15, -0.1) is 0 Å². The van der Waals surface area contributed by atoms with Gasteiger partial charge in [-0.25, -0.2) is 0 Å². The fraction of sp³-hybridized carbons (Fsp3) is 0.875. The minimum Gasteiger partial charge on any atom is -0.481 e. The van der Waals surface area contributed by atoms with E-state index >= 15 is 0 Å². The van der Waals surface area contributed by atoms with Crippen LogP contribution in [0.5, 0.6) is 0 Å². The second-order valence-electron chi connectivity index (χ2n) is 3.72. The zero-order chi connectivity index (χ0) is 8.01. The number of carboxylic acids is 1. The number of aliphatic carboxylic acids is 1. The topological polar surface area (TPSA) is 57.5 Å². The normalized spacial score (nSPS) is 47.0. The fourth-order valence-corrected chi connectivity index (χ4v) is 2.34. The summed E-state index contributed by atoms with van der Waals surface area (Å²) in [6.07, 6.45) is 1.81. The Morgan fingerprint density at radius 2 is 2.09 bits per heavy atom. The Balaban J connectivity index is 1.92. The summed E-state index contributed by atoms with van der Waals surface area (Å²) in [4.78, 5) is 10.3. The molecule has 0 aliphatic heterocycles. The van der Waals surface area contributed by atoms with Crippen LogP contribution in [-0.2, 0) is 4.79 Å². The summed E-state index contributed by atoms with van der Waals surface area (Å²) < 4.78 is 0. The Hall–Kier alpha value is -0.570. The Morgan fingerprint density at radius 1 is 1.36 bits per heavy atom. The maximum atomic E-state index is 10.3. The SMILES string of the molecule is O=C(O)CC1CC(O)C2CC12. The van der Waals surface area contributed by atoms with Gasteiger partial charge in [0.25, 0.3) is 0 Å². The minimum absolute atomic E-state index is 0.204. The van der Waals surface area contributed by atoms with E-state index in [9.17, 15) is 9.90 Å². The molecule has 0 aromatic rings. The van der Waals surface area contributed by atoms with Crippen molar-refractivity contribution < 1.29 is 15.0 Å². The number of aliphatic hydroxyl groups excluding tert-OH is 1. The van der Waals surface area contributed by atoms with Gasteiger partial charge < -0.3 is 10.2 Å². The first-order valence-corrected chi connectivity index (χ1v) is 4.08. The molecule has 4 unspecified atom stereocenters. The van der Waals surface area contributed by atoms with E-state index < -0.39 is 5.97 Å². The number of aliphatic hydroxyl groups is 1. The largest absolute Gasteiger partial charge is 0.481 e. The Kier molecular flexibility index (Phi) is 1.42. The standard InChI is InChI=1S/C8H12O3/c9-7-1-4(2-8(10)11)5-3-6(5)7/h4-7,9H,1-3H2,(H,10,11). The predicted octanol–water partition coefficient (Wildman–Crippen LogP) is 0.478. The van der Waals surface area contributed by atoms with Gasteiger partial charge >= 0.3 is 5.97 Å². The Bertz CT molecular complexity index is 190. The van der Waals surface area contributed by atoms with Crippen molar-refractivity contribution in [2.24, 2.45) is 17.8 Å². The van der Waals surface area contributed by atoms with Gasteiger partial charge in [-0.05, 0) is 30.6 Å². The van der Waals surface area contributed by atoms with E-state index in [1.807, 2.05) is 0 Å². The van der Waals surface area contributed by atoms with Crippen molar-refractivity contribution in [3.8, 4) is 0 Å². The summed E-state index contributed by atoms with van der Waals surface area (Å²) in [5, 5.41) is 17.8. The quantitative estimate of drug-likeness (QED) is 0.611. The van der Waals surface area contributed by atoms with Gasteiger partial charge in [0.15, 0.2) is 0 Å². The summed E-state index contributed by atoms with van der Waals surface area (Å²) in [5.41, 5.74) is 0. The highest BCUT2D eigenvalue weighted by atomic mass is 16.4. The number of hydrogen-bond acceptors (Lipinski definition) is 2. The van der Waals surface area contributed by atoms with Gasteiger partial charge in [0, 0.05) is 6.42 Å². The van der Waals surface area contributed by atoms with E-state index in [-0.39, 0.29) is 18.4 Å². The average molecular weight is 156 g/mol. The van der Waals surface area contributed by atoms with Crippen LogP contribution in [0.25, 0.3) is 0 Å². The lowest BCUT2D eigenvalue weighted by molar-refractivity contribution is -0.138. The van der Waals surface area contributed by atoms with Crippen LogP contribution in [0, 0.1) is 17.8 Å². The maximum absolute atomic E-state index is 10.3. The van der Waals surface area contributed by atoms with Crippen LogP contribution in [0.4, 0.5) is 0 Å². The zero-order valence-corrected chi connectivity index (χ0v) is 6.23. The fourth-order valence-electron chi connectivity index (χ4n) is 2.34. The van der Waals surface area contributed by atoms with Crippen molar-refractivity contribution in [3.63, 3.8) is 0 Å². The smallest absolute Gasteiger partial charge is 0.303 e. The second-order valence-corrected chi connectivity index (χ2v) is 3.72. The first-order chi connectivity index (χ1) is 5.18. The monoisotopic (exact) mass is 156 g/mol. The summed E-state index contributed by atoms with van der Waals surface area (Å²) in [7, 11) is 0. The van der Waals surface area contributed by atoms with Crippen molar-refractivity contribution in [3.05, 3.63) is 0 Å². The molecule has 0 aromatic carbocycles. The summed E-state index contributed by atoms with van der Waals surface area (Å²) >= 11 is 0. The predicted molar refractivity (Wildman–Crippen MR) is 38.0 cm³/mol. The van der Waals surface area contributed by atoms with Crippen LogP contribution in [0.2, 0.25) is 0 Å². The molecule has 3 heteroatoms. The van der Waals surface area contributed by atoms with E-state index in [1.165, 1.54) is 0 Å². The van der Waals surface area contributed by atoms with Crippen LogP contribution < -0.4 is 0 Å². The van der Waals surface area contributed by atoms with Crippen molar-refractivity contribution in [2.45, 2.75) is 25.4 Å². The molecule has 2 rings (SSSR count). The van der Waals surface area contributed by atoms with Gasteiger partial charge in [-0.3, -0.25) is 4.79 Å². The number of hydrogen-bond donors (Lipinski definition) is 2. The number of fused-ring (bicyclic) bond motifs is 1. The first kappa shape index (κ1) is 7.10. The van der Waals surface area contributed by atoms with Crippen molar-refractivity contribution in [1.82, 2.24) is 0 Å². The number of carboxylic acid groups (broad SMARTS) is 1. The third kappa shape index (κ3) is 1.13. The van der Waals surface area contributed by atoms with E-state index in [4.69, 9.17) is 5.11 Å². The molecule has 4 atom stereocenters. The van der Waals surface area contributed by atoms with Gasteiger partial charge in [0.1, 0.15) is 0 Å². The molecular weight excluding hydrogens is 144 g/mol. The molecule has 0 aromatic heterocycles. The highest BCUT2D eigenvalue weighted by molar-refractivity contribution is 5.67. The summed E-state index contributed by atoms with van der Waals surface area (Å²) in [5.74, 6) is 0.502. The maximum Gasteiger partial charge on any atom is 0.303 e. The highest BCUT2D eigenvalue weighted by Gasteiger charge is 2.53. The molecule has 62 valence electrons. The molecule has 2 fully saturated rings.